The van der Waals surface area contributed by atoms with Crippen LogP contribution in [0.3, 0.4) is 0 Å². The fourth-order valence-corrected chi connectivity index (χ4v) is 3.17. The summed E-state index contributed by atoms with van der Waals surface area (Å²) in [5.74, 6) is 0. The molecule has 1 aliphatic heterocycles. The minimum atomic E-state index is 0. The van der Waals surface area contributed by atoms with Crippen LogP contribution in [0.4, 0.5) is 22.7 Å². The molecule has 0 fully saturated rings. The van der Waals surface area contributed by atoms with Gasteiger partial charge in [-0.3, -0.25) is 0 Å². The molecule has 0 radical (unpaired) electrons. The number of hydrogen-bond acceptors (Lipinski definition) is 4. The number of rotatable bonds is 2. The number of anilines is 4. The lowest BCUT2D eigenvalue weighted by atomic mass is 10.2. The van der Waals surface area contributed by atoms with E-state index < -0.39 is 0 Å². The van der Waals surface area contributed by atoms with Crippen LogP contribution in [0.1, 0.15) is 0 Å². The molecule has 1 aliphatic rings. The number of nitrogens with zero attached hydrogens (tertiary/aromatic N) is 1. The van der Waals surface area contributed by atoms with E-state index >= 15 is 0 Å². The molecule has 2 aromatic carbocycles. The third kappa shape index (κ3) is 3.67. The van der Waals surface area contributed by atoms with Gasteiger partial charge >= 0.3 is 0 Å². The van der Waals surface area contributed by atoms with Gasteiger partial charge in [-0.05, 0) is 36.4 Å². The lowest BCUT2D eigenvalue weighted by Crippen LogP contribution is -2.09. The van der Waals surface area contributed by atoms with Crippen LogP contribution in [-0.2, 0) is 0 Å². The van der Waals surface area contributed by atoms with Gasteiger partial charge in [-0.1, -0.05) is 11.8 Å². The molecule has 0 aromatic heterocycles. The highest BCUT2D eigenvalue weighted by molar-refractivity contribution is 8.93. The highest BCUT2D eigenvalue weighted by Crippen LogP contribution is 2.46. The summed E-state index contributed by atoms with van der Waals surface area (Å²) in [5.41, 5.74) is 4.72. The number of fused-ring (bicyclic) bond motifs is 2. The van der Waals surface area contributed by atoms with Gasteiger partial charge in [-0.2, -0.15) is 0 Å². The first-order valence-electron chi connectivity index (χ1n) is 6.25. The Morgan fingerprint density at radius 3 is 2.19 bits per heavy atom. The van der Waals surface area contributed by atoms with Crippen molar-refractivity contribution in [3.63, 3.8) is 0 Å². The van der Waals surface area contributed by atoms with Crippen molar-refractivity contribution in [2.45, 2.75) is 9.79 Å². The Morgan fingerprint density at radius 1 is 0.952 bits per heavy atom. The fourth-order valence-electron chi connectivity index (χ4n) is 2.11. The van der Waals surface area contributed by atoms with Gasteiger partial charge in [0.1, 0.15) is 0 Å². The van der Waals surface area contributed by atoms with Gasteiger partial charge in [0.2, 0.25) is 0 Å². The molecule has 2 N–H and O–H groups in total. The first kappa shape index (κ1) is 18.2. The molecule has 0 saturated carbocycles. The van der Waals surface area contributed by atoms with E-state index in [1.807, 2.05) is 18.8 Å². The minimum absolute atomic E-state index is 0. The van der Waals surface area contributed by atoms with E-state index in [4.69, 9.17) is 0 Å². The van der Waals surface area contributed by atoms with Gasteiger partial charge in [0.25, 0.3) is 0 Å². The first-order chi connectivity index (χ1) is 9.17. The molecule has 0 bridgehead atoms. The highest BCUT2D eigenvalue weighted by Gasteiger charge is 2.16. The van der Waals surface area contributed by atoms with Crippen LogP contribution in [0.15, 0.2) is 46.2 Å². The molecule has 0 atom stereocenters. The summed E-state index contributed by atoms with van der Waals surface area (Å²) in [4.78, 5) is 4.66. The van der Waals surface area contributed by atoms with E-state index in [1.54, 1.807) is 0 Å². The molecule has 1 heterocycles. The molecular formula is C15H19Br2N3S. The molecule has 114 valence electrons. The number of nitrogens with one attached hydrogen (secondary N) is 2. The Bertz CT molecular complexity index is 632. The van der Waals surface area contributed by atoms with Crippen LogP contribution in [-0.4, -0.2) is 21.1 Å². The Labute approximate surface area is 151 Å². The molecule has 3 nitrogen and oxygen atoms in total. The second-order valence-electron chi connectivity index (χ2n) is 4.76. The van der Waals surface area contributed by atoms with Crippen LogP contribution in [0.5, 0.6) is 0 Å². The second-order valence-corrected chi connectivity index (χ2v) is 5.85. The van der Waals surface area contributed by atoms with Crippen molar-refractivity contribution in [2.24, 2.45) is 0 Å². The summed E-state index contributed by atoms with van der Waals surface area (Å²) in [6, 6.07) is 12.9. The summed E-state index contributed by atoms with van der Waals surface area (Å²) in [6.07, 6.45) is 0. The number of halogens is 2. The molecule has 0 amide bonds. The minimum Gasteiger partial charge on any atom is -0.388 e. The highest BCUT2D eigenvalue weighted by atomic mass is 79.9. The molecule has 0 unspecified atom stereocenters. The third-order valence-electron chi connectivity index (χ3n) is 3.24. The summed E-state index contributed by atoms with van der Waals surface area (Å²) in [5, 5.41) is 6.67. The van der Waals surface area contributed by atoms with Gasteiger partial charge < -0.3 is 15.5 Å². The van der Waals surface area contributed by atoms with Crippen molar-refractivity contribution in [3.05, 3.63) is 36.4 Å². The Hall–Kier alpha value is -0.850. The van der Waals surface area contributed by atoms with E-state index in [0.717, 1.165) is 5.69 Å². The first-order valence-corrected chi connectivity index (χ1v) is 7.07. The van der Waals surface area contributed by atoms with Crippen molar-refractivity contribution in [1.82, 2.24) is 0 Å². The lowest BCUT2D eigenvalue weighted by Gasteiger charge is -2.23. The molecule has 6 heteroatoms. The average molecular weight is 433 g/mol. The maximum absolute atomic E-state index is 3.49. The maximum atomic E-state index is 3.49. The summed E-state index contributed by atoms with van der Waals surface area (Å²) >= 11 is 1.81. The van der Waals surface area contributed by atoms with Gasteiger partial charge in [0.05, 0.1) is 11.4 Å². The monoisotopic (exact) mass is 431 g/mol. The predicted molar refractivity (Wildman–Crippen MR) is 105 cm³/mol. The zero-order chi connectivity index (χ0) is 13.4. The number of hydrogen-bond donors (Lipinski definition) is 2. The Balaban J connectivity index is 0.00000110. The van der Waals surface area contributed by atoms with Crippen molar-refractivity contribution in [1.29, 1.82) is 0 Å². The zero-order valence-corrected chi connectivity index (χ0v) is 16.4. The normalized spacial score (nSPS) is 11.0. The summed E-state index contributed by atoms with van der Waals surface area (Å²) < 4.78 is 0. The van der Waals surface area contributed by atoms with E-state index in [9.17, 15) is 0 Å². The van der Waals surface area contributed by atoms with Gasteiger partial charge in [0, 0.05) is 42.3 Å². The van der Waals surface area contributed by atoms with Crippen LogP contribution in [0, 0.1) is 0 Å². The molecule has 0 spiro atoms. The fraction of sp³-hybridized carbons (Fsp3) is 0.200. The standard InChI is InChI=1S/C15H17N3S.2BrH/c1-16-10-4-6-12-14(8-10)19-15-9-11(18(2)3)5-7-13(15)17-12;;/h4-9,16-17H,1-3H3;2*1H. The molecular weight excluding hydrogens is 414 g/mol. The largest absolute Gasteiger partial charge is 0.388 e. The smallest absolute Gasteiger partial charge is 0.0527 e. The van der Waals surface area contributed by atoms with E-state index in [-0.39, 0.29) is 34.0 Å². The zero-order valence-electron chi connectivity index (χ0n) is 12.1. The summed E-state index contributed by atoms with van der Waals surface area (Å²) in [7, 11) is 6.08. The van der Waals surface area contributed by atoms with Crippen LogP contribution < -0.4 is 15.5 Å². The van der Waals surface area contributed by atoms with Gasteiger partial charge in [-0.15, -0.1) is 34.0 Å². The van der Waals surface area contributed by atoms with Crippen LogP contribution in [0.25, 0.3) is 0 Å². The molecule has 3 rings (SSSR count). The molecule has 21 heavy (non-hydrogen) atoms. The Kier molecular flexibility index (Phi) is 6.43. The van der Waals surface area contributed by atoms with Crippen molar-refractivity contribution < 1.29 is 0 Å². The summed E-state index contributed by atoms with van der Waals surface area (Å²) in [6.45, 7) is 0. The van der Waals surface area contributed by atoms with Crippen LogP contribution >= 0.6 is 45.7 Å². The van der Waals surface area contributed by atoms with E-state index in [0.29, 0.717) is 0 Å². The van der Waals surface area contributed by atoms with Gasteiger partial charge in [0.15, 0.2) is 0 Å². The topological polar surface area (TPSA) is 27.3 Å². The van der Waals surface area contributed by atoms with E-state index in [2.05, 4.69) is 66.0 Å². The molecule has 0 aliphatic carbocycles. The molecule has 0 saturated heterocycles. The van der Waals surface area contributed by atoms with Crippen molar-refractivity contribution in [3.8, 4) is 0 Å². The third-order valence-corrected chi connectivity index (χ3v) is 4.36. The number of benzene rings is 2. The molecule has 2 aromatic rings. The lowest BCUT2D eigenvalue weighted by molar-refractivity contribution is 1.12. The van der Waals surface area contributed by atoms with Gasteiger partial charge in [-0.25, -0.2) is 0 Å². The Morgan fingerprint density at radius 2 is 1.57 bits per heavy atom. The van der Waals surface area contributed by atoms with Crippen LogP contribution in [0.2, 0.25) is 0 Å². The SMILES string of the molecule is Br.Br.CNc1ccc2c(c1)Sc1cc(N(C)C)ccc1N2. The predicted octanol–water partition coefficient (Wildman–Crippen LogP) is 5.16. The maximum Gasteiger partial charge on any atom is 0.0527 e. The van der Waals surface area contributed by atoms with E-state index in [1.165, 1.54) is 26.9 Å². The quantitative estimate of drug-likeness (QED) is 0.584. The van der Waals surface area contributed by atoms with Crippen molar-refractivity contribution in [2.75, 3.05) is 36.7 Å². The average Bonchev–Trinajstić information content (AvgIpc) is 2.43. The van der Waals surface area contributed by atoms with Crippen molar-refractivity contribution >= 4 is 68.5 Å². The second kappa shape index (κ2) is 7.42.